The van der Waals surface area contributed by atoms with E-state index in [4.69, 9.17) is 9.97 Å². The number of nitrogens with one attached hydrogen (secondary N) is 9. The lowest BCUT2D eigenvalue weighted by molar-refractivity contribution is 1.25. The van der Waals surface area contributed by atoms with Crippen molar-refractivity contribution in [3.8, 4) is 22.8 Å². The Morgan fingerprint density at radius 2 is 0.467 bits per heavy atom. The molecular weight excluding hydrogens is 1470 g/mol. The predicted octanol–water partition coefficient (Wildman–Crippen LogP) is 7.20. The van der Waals surface area contributed by atoms with E-state index in [2.05, 4.69) is 177 Å². The maximum atomic E-state index is 4.72. The van der Waals surface area contributed by atoms with Crippen LogP contribution in [-0.2, 0) is 0 Å². The fourth-order valence-corrected chi connectivity index (χ4v) is 12.9. The molecule has 20 heterocycles. The highest BCUT2D eigenvalue weighted by Gasteiger charge is 2.27. The van der Waals surface area contributed by atoms with Crippen molar-refractivity contribution in [1.29, 1.82) is 0 Å². The summed E-state index contributed by atoms with van der Waals surface area (Å²) in [6.07, 6.45) is 78.2. The van der Waals surface area contributed by atoms with E-state index in [1.165, 1.54) is 0 Å². The molecule has 0 saturated carbocycles. The van der Waals surface area contributed by atoms with E-state index in [-0.39, 0.29) is 61.5 Å². The Morgan fingerprint density at radius 3 is 0.783 bits per heavy atom. The molecule has 0 spiro atoms. The summed E-state index contributed by atoms with van der Waals surface area (Å²) in [5, 5.41) is 42.4. The van der Waals surface area contributed by atoms with Crippen molar-refractivity contribution in [2.45, 2.75) is 0 Å². The van der Waals surface area contributed by atoms with Gasteiger partial charge in [0.2, 0.25) is 6.74 Å². The first-order valence-corrected chi connectivity index (χ1v) is 40.1. The summed E-state index contributed by atoms with van der Waals surface area (Å²) in [5.41, 5.74) is 11.7. The molecule has 120 heavy (non-hydrogen) atoms. The van der Waals surface area contributed by atoms with Gasteiger partial charge >= 0.3 is 41.1 Å². The molecule has 0 aliphatic carbocycles. The van der Waals surface area contributed by atoms with Crippen LogP contribution in [0.25, 0.3) is 38.5 Å². The molecule has 8 aromatic heterocycles. The van der Waals surface area contributed by atoms with Crippen molar-refractivity contribution in [2.24, 2.45) is 0 Å². The van der Waals surface area contributed by atoms with Crippen LogP contribution in [0.4, 0.5) is 0 Å². The van der Waals surface area contributed by atoms with E-state index in [1.807, 2.05) is 360 Å². The first-order valence-electron chi connectivity index (χ1n) is 40.1. The van der Waals surface area contributed by atoms with Crippen molar-refractivity contribution in [1.82, 2.24) is 86.9 Å². The molecule has 0 bridgehead atoms. The third kappa shape index (κ3) is 26.7. The Bertz CT molecular complexity index is 4900. The molecule has 20 nitrogen and oxygen atoms in total. The van der Waals surface area contributed by atoms with E-state index >= 15 is 0 Å². The maximum Gasteiger partial charge on any atom is 0.333 e. The number of hydrogen-bond donors (Lipinski definition) is 9. The van der Waals surface area contributed by atoms with Gasteiger partial charge in [0.05, 0.1) is 29.5 Å². The molecule has 8 aromatic rings. The van der Waals surface area contributed by atoms with Crippen molar-refractivity contribution < 1.29 is 0 Å². The van der Waals surface area contributed by atoms with Crippen LogP contribution in [0.5, 0.6) is 0 Å². The largest absolute Gasteiger partial charge is 0.713 e. The smallest absolute Gasteiger partial charge is 0.333 e. The quantitative estimate of drug-likeness (QED) is 0.0549. The molecule has 576 valence electrons. The molecule has 12 aliphatic heterocycles. The van der Waals surface area contributed by atoms with E-state index in [0.717, 1.165) is 67.5 Å². The Labute approximate surface area is 709 Å². The van der Waals surface area contributed by atoms with Gasteiger partial charge in [-0.1, -0.05) is 200 Å². The normalized spacial score (nSPS) is 15.8. The molecule has 0 fully saturated rings. The Balaban J connectivity index is 0.000000119. The number of rotatable bonds is 12. The lowest BCUT2D eigenvalue weighted by Crippen LogP contribution is -2.52. The van der Waals surface area contributed by atoms with Gasteiger partial charge in [0.1, 0.15) is 13.7 Å². The Morgan fingerprint density at radius 1 is 0.192 bits per heavy atom. The molecule has 0 unspecified atom stereocenters. The van der Waals surface area contributed by atoms with Gasteiger partial charge in [0.15, 0.2) is 0 Å². The fourth-order valence-electron chi connectivity index (χ4n) is 12.9. The van der Waals surface area contributed by atoms with Crippen LogP contribution in [0.15, 0.2) is 462 Å². The van der Waals surface area contributed by atoms with E-state index in [9.17, 15) is 0 Å². The molecule has 20 rings (SSSR count). The van der Waals surface area contributed by atoms with Gasteiger partial charge in [-0.25, -0.2) is 0 Å². The zero-order valence-corrected chi connectivity index (χ0v) is 66.2. The van der Waals surface area contributed by atoms with Crippen LogP contribution in [-0.4, -0.2) is 122 Å². The lowest BCUT2D eigenvalue weighted by atomic mass is 9.20. The van der Waals surface area contributed by atoms with Gasteiger partial charge in [-0.05, 0) is 207 Å². The third-order valence-electron chi connectivity index (χ3n) is 19.0. The van der Waals surface area contributed by atoms with Gasteiger partial charge in [0, 0.05) is 58.3 Å². The molecule has 9 N–H and O–H groups in total. The summed E-state index contributed by atoms with van der Waals surface area (Å²) in [6.45, 7) is 2.44. The van der Waals surface area contributed by atoms with Gasteiger partial charge in [-0.3, -0.25) is 39.9 Å². The minimum absolute atomic E-state index is 0.0127. The second kappa shape index (κ2) is 47.4. The number of nitrogens with zero attached hydrogens (tertiary/aromatic N) is 11. The summed E-state index contributed by atoms with van der Waals surface area (Å²) < 4.78 is 0. The molecule has 0 radical (unpaired) electrons. The highest BCUT2D eigenvalue weighted by Crippen LogP contribution is 2.15. The van der Waals surface area contributed by atoms with E-state index < -0.39 is 0 Å². The molecule has 0 atom stereocenters. The highest BCUT2D eigenvalue weighted by atomic mass is 14.9. The van der Waals surface area contributed by atoms with Crippen LogP contribution in [0, 0.1) is 0 Å². The van der Waals surface area contributed by atoms with Crippen molar-refractivity contribution in [3.63, 3.8) is 0 Å². The number of pyridine rings is 8. The van der Waals surface area contributed by atoms with Crippen molar-refractivity contribution >= 4 is 126 Å². The molecular formula is C88H85B12N20-3. The first-order chi connectivity index (χ1) is 59.6. The average molecular weight is 1550 g/mol. The molecule has 32 heteroatoms. The lowest BCUT2D eigenvalue weighted by Gasteiger charge is -2.31. The van der Waals surface area contributed by atoms with E-state index in [0.29, 0.717) is 20.2 Å². The van der Waals surface area contributed by atoms with Crippen LogP contribution in [0.1, 0.15) is 0 Å². The summed E-state index contributed by atoms with van der Waals surface area (Å²) >= 11 is 0. The summed E-state index contributed by atoms with van der Waals surface area (Å²) in [5.74, 6) is 25.2. The molecule has 12 aliphatic rings. The maximum absolute atomic E-state index is 4.72. The van der Waals surface area contributed by atoms with Crippen LogP contribution >= 0.6 is 0 Å². The van der Waals surface area contributed by atoms with Gasteiger partial charge in [-0.2, -0.15) is 18.6 Å². The monoisotopic (exact) mass is 1550 g/mol. The highest BCUT2D eigenvalue weighted by molar-refractivity contribution is 7.28. The number of hydrogen-bond acceptors (Lipinski definition) is 17. The molecule has 0 saturated heterocycles. The Kier molecular flexibility index (Phi) is 32.9. The first kappa shape index (κ1) is 83.3. The zero-order chi connectivity index (χ0) is 81.7. The van der Waals surface area contributed by atoms with Crippen LogP contribution < -0.4 is 91.8 Å². The van der Waals surface area contributed by atoms with Gasteiger partial charge in [0.25, 0.3) is 13.5 Å². The fraction of sp³-hybridized carbons (Fsp3) is 0. The predicted molar refractivity (Wildman–Crippen MR) is 516 cm³/mol. The summed E-state index contributed by atoms with van der Waals surface area (Å²) in [6, 6.07) is 47.7. The second-order valence-electron chi connectivity index (χ2n) is 27.5. The van der Waals surface area contributed by atoms with E-state index in [1.54, 1.807) is 18.6 Å². The van der Waals surface area contributed by atoms with Crippen LogP contribution in [0.2, 0.25) is 0 Å². The van der Waals surface area contributed by atoms with Gasteiger partial charge < -0.3 is 62.7 Å². The topological polar surface area (TPSA) is 254 Å². The van der Waals surface area contributed by atoms with Crippen molar-refractivity contribution in [3.05, 3.63) is 478 Å². The molecule has 0 amide bonds. The third-order valence-corrected chi connectivity index (χ3v) is 19.0. The summed E-state index contributed by atoms with van der Waals surface area (Å²) in [4.78, 5) is 35.8. The van der Waals surface area contributed by atoms with Crippen LogP contribution in [0.3, 0.4) is 0 Å². The average Bonchev–Trinajstić information content (AvgIpc) is 0.852. The minimum Gasteiger partial charge on any atom is -0.713 e. The number of allylic oxidation sites excluding steroid dienone is 24. The standard InChI is InChI=1S/C14H12BN3.C14H11BN3.C13H13B2N3.C13H12B2N3.2C9H9BN2.C8H10B2N2.C8H9B2N2/c2*1-3-10-16-12(6-1)13-7-5-8-14(18-13)15-9-2-4-11-17-15;2*1-3-10-16-14(8-1)12-6-5-7-13(18-12)15-9-2-4-11-17-15;4*1-3-7-11-9(5-1)10-6-2-4-8-12-10/h1-11,17H;1-11H;1-11,16-17H;1-11,16H;2*1-8,12H;1-8,11-12H;1-8,11H/q;-1;;-1;;;;-1. The van der Waals surface area contributed by atoms with Gasteiger partial charge in [-0.15, -0.1) is 23.9 Å². The second-order valence-corrected chi connectivity index (χ2v) is 27.5. The zero-order valence-electron chi connectivity index (χ0n) is 66.2. The number of aromatic nitrogens is 8. The van der Waals surface area contributed by atoms with Crippen molar-refractivity contribution in [2.75, 3.05) is 0 Å². The minimum atomic E-state index is 0.0127. The molecule has 0 aromatic carbocycles. The SMILES string of the molecule is C1=CNB(B2C=CC=CN2)C=C1.C1=CNB(c2cccc(-c3ccccn3)n2)C=C1.C1=CNB(c2cccc(B3C=CC=CN3)n2)C=C1.C1=CNB(c2ccccn2)C=C1.C1=CNB(c2ccccn2)C=C1.C1=C[N-]B(B2C=CC=CN2)C=C1.C1=C[N-]B(c2cccc(-c3ccccn3)n2)C=C1.C1=C[N-]B(c2cccc(B3C=CC=CN3)n2)C=C1. The Hall–Kier alpha value is -14.7. The summed E-state index contributed by atoms with van der Waals surface area (Å²) in [7, 11) is 0.